The van der Waals surface area contributed by atoms with Gasteiger partial charge in [0, 0.05) is 24.8 Å². The van der Waals surface area contributed by atoms with Crippen LogP contribution in [0.3, 0.4) is 0 Å². The lowest BCUT2D eigenvalue weighted by Crippen LogP contribution is -2.67. The van der Waals surface area contributed by atoms with Crippen LogP contribution in [0.15, 0.2) is 11.6 Å². The Balaban J connectivity index is 1.43. The summed E-state index contributed by atoms with van der Waals surface area (Å²) in [5, 5.41) is 24.0. The highest BCUT2D eigenvalue weighted by molar-refractivity contribution is 5.85. The van der Waals surface area contributed by atoms with Crippen LogP contribution in [0.1, 0.15) is 78.6 Å². The van der Waals surface area contributed by atoms with Gasteiger partial charge in [0.15, 0.2) is 0 Å². The summed E-state index contributed by atoms with van der Waals surface area (Å²) in [5.74, 6) is 0.0252. The molecule has 0 amide bonds. The molecule has 0 radical (unpaired) electrons. The lowest BCUT2D eigenvalue weighted by Gasteiger charge is -2.66. The molecule has 5 rings (SSSR count). The number of rotatable bonds is 2. The van der Waals surface area contributed by atoms with Crippen molar-refractivity contribution in [3.8, 4) is 0 Å². The van der Waals surface area contributed by atoms with Crippen molar-refractivity contribution in [3.63, 3.8) is 0 Å². The van der Waals surface area contributed by atoms with Crippen molar-refractivity contribution in [1.82, 2.24) is 0 Å². The Hall–Kier alpha value is -1.40. The quantitative estimate of drug-likeness (QED) is 0.651. The van der Waals surface area contributed by atoms with Gasteiger partial charge in [-0.05, 0) is 80.1 Å². The second kappa shape index (κ2) is 6.80. The zero-order valence-corrected chi connectivity index (χ0v) is 19.0. The Bertz CT molecular complexity index is 836. The van der Waals surface area contributed by atoms with Crippen LogP contribution in [-0.2, 0) is 19.1 Å². The fraction of sp³-hybridized carbons (Fsp3) is 0.840. The Kier molecular flexibility index (Phi) is 4.70. The van der Waals surface area contributed by atoms with Crippen LogP contribution < -0.4 is 0 Å². The number of carbonyl (C=O) groups excluding carboxylic acids is 2. The molecule has 6 nitrogen and oxygen atoms in total. The molecule has 8 atom stereocenters. The summed E-state index contributed by atoms with van der Waals surface area (Å²) in [6.07, 6.45) is 8.41. The van der Waals surface area contributed by atoms with Crippen LogP contribution in [0.5, 0.6) is 0 Å². The highest BCUT2D eigenvalue weighted by Crippen LogP contribution is 2.70. The van der Waals surface area contributed by atoms with Crippen LogP contribution in [0.2, 0.25) is 0 Å². The average molecular weight is 433 g/mol. The molecule has 0 spiro atoms. The minimum Gasteiger partial charge on any atom is -0.462 e. The van der Waals surface area contributed by atoms with E-state index in [0.29, 0.717) is 19.4 Å². The van der Waals surface area contributed by atoms with Crippen LogP contribution in [0.4, 0.5) is 0 Å². The summed E-state index contributed by atoms with van der Waals surface area (Å²) in [5.41, 5.74) is -1.16. The van der Waals surface area contributed by atoms with Gasteiger partial charge in [-0.15, -0.1) is 0 Å². The minimum atomic E-state index is -0.858. The van der Waals surface area contributed by atoms with E-state index in [1.807, 2.05) is 0 Å². The van der Waals surface area contributed by atoms with E-state index in [-0.39, 0.29) is 46.6 Å². The van der Waals surface area contributed by atoms with E-state index in [1.54, 1.807) is 6.08 Å². The van der Waals surface area contributed by atoms with Crippen molar-refractivity contribution in [1.29, 1.82) is 0 Å². The van der Waals surface area contributed by atoms with Crippen molar-refractivity contribution in [2.24, 2.45) is 28.6 Å². The first-order chi connectivity index (χ1) is 14.5. The van der Waals surface area contributed by atoms with Gasteiger partial charge < -0.3 is 19.7 Å². The molecule has 5 aliphatic rings. The van der Waals surface area contributed by atoms with Crippen molar-refractivity contribution in [3.05, 3.63) is 11.6 Å². The van der Waals surface area contributed by atoms with E-state index in [1.165, 1.54) is 6.92 Å². The van der Waals surface area contributed by atoms with Gasteiger partial charge in [-0.1, -0.05) is 13.8 Å². The van der Waals surface area contributed by atoms with Gasteiger partial charge in [0.1, 0.15) is 12.7 Å². The molecule has 1 heterocycles. The van der Waals surface area contributed by atoms with Crippen LogP contribution in [0, 0.1) is 28.6 Å². The molecule has 172 valence electrons. The molecule has 0 aromatic rings. The first-order valence-corrected chi connectivity index (χ1v) is 12.0. The largest absolute Gasteiger partial charge is 0.462 e. The Labute approximate surface area is 184 Å². The molecule has 2 N–H and O–H groups in total. The van der Waals surface area contributed by atoms with E-state index in [4.69, 9.17) is 9.47 Å². The summed E-state index contributed by atoms with van der Waals surface area (Å²) < 4.78 is 10.7. The zero-order valence-electron chi connectivity index (χ0n) is 19.0. The molecule has 4 saturated carbocycles. The molecule has 0 bridgehead atoms. The maximum atomic E-state index is 12.2. The van der Waals surface area contributed by atoms with Gasteiger partial charge in [-0.2, -0.15) is 0 Å². The highest BCUT2D eigenvalue weighted by atomic mass is 16.5. The lowest BCUT2D eigenvalue weighted by atomic mass is 9.42. The van der Waals surface area contributed by atoms with Crippen molar-refractivity contribution >= 4 is 11.9 Å². The Morgan fingerprint density at radius 1 is 1.03 bits per heavy atom. The predicted octanol–water partition coefficient (Wildman–Crippen LogP) is 3.29. The molecule has 0 aromatic carbocycles. The van der Waals surface area contributed by atoms with Crippen LogP contribution in [0.25, 0.3) is 0 Å². The molecule has 4 fully saturated rings. The van der Waals surface area contributed by atoms with E-state index in [0.717, 1.165) is 50.5 Å². The summed E-state index contributed by atoms with van der Waals surface area (Å²) in [6, 6.07) is 0. The smallest absolute Gasteiger partial charge is 0.331 e. The summed E-state index contributed by atoms with van der Waals surface area (Å²) in [7, 11) is 0. The number of cyclic esters (lactones) is 1. The second-order valence-corrected chi connectivity index (χ2v) is 11.5. The van der Waals surface area contributed by atoms with Gasteiger partial charge >= 0.3 is 11.9 Å². The Morgan fingerprint density at radius 3 is 2.42 bits per heavy atom. The van der Waals surface area contributed by atoms with E-state index in [2.05, 4.69) is 13.8 Å². The molecule has 1 aliphatic heterocycles. The van der Waals surface area contributed by atoms with Gasteiger partial charge in [0.05, 0.1) is 11.2 Å². The summed E-state index contributed by atoms with van der Waals surface area (Å²) >= 11 is 0. The number of esters is 2. The number of ether oxygens (including phenoxy) is 2. The minimum absolute atomic E-state index is 0.144. The average Bonchev–Trinajstić information content (AvgIpc) is 3.22. The van der Waals surface area contributed by atoms with Crippen LogP contribution in [-0.4, -0.2) is 46.1 Å². The second-order valence-electron chi connectivity index (χ2n) is 11.5. The van der Waals surface area contributed by atoms with Gasteiger partial charge in [-0.3, -0.25) is 4.79 Å². The third-order valence-corrected chi connectivity index (χ3v) is 10.4. The summed E-state index contributed by atoms with van der Waals surface area (Å²) in [4.78, 5) is 23.2. The number of fused-ring (bicyclic) bond motifs is 5. The van der Waals surface area contributed by atoms with Crippen LogP contribution >= 0.6 is 0 Å². The molecule has 6 heteroatoms. The fourth-order valence-electron chi connectivity index (χ4n) is 8.70. The lowest BCUT2D eigenvalue weighted by molar-refractivity contribution is -0.256. The molecule has 0 aromatic heterocycles. The maximum Gasteiger partial charge on any atom is 0.331 e. The molecule has 4 aliphatic carbocycles. The van der Waals surface area contributed by atoms with Gasteiger partial charge in [0.2, 0.25) is 0 Å². The molecule has 0 saturated heterocycles. The normalized spacial score (nSPS) is 51.3. The molecular formula is C25H36O6. The van der Waals surface area contributed by atoms with E-state index < -0.39 is 11.2 Å². The Morgan fingerprint density at radius 2 is 1.74 bits per heavy atom. The monoisotopic (exact) mass is 432 g/mol. The maximum absolute atomic E-state index is 12.2. The van der Waals surface area contributed by atoms with E-state index >= 15 is 0 Å². The van der Waals surface area contributed by atoms with Gasteiger partial charge in [-0.25, -0.2) is 4.79 Å². The zero-order chi connectivity index (χ0) is 22.2. The third-order valence-electron chi connectivity index (χ3n) is 10.4. The van der Waals surface area contributed by atoms with Gasteiger partial charge in [0.25, 0.3) is 0 Å². The molecular weight excluding hydrogens is 396 g/mol. The number of aliphatic hydroxyl groups is 2. The summed E-state index contributed by atoms with van der Waals surface area (Å²) in [6.45, 7) is 6.21. The van der Waals surface area contributed by atoms with E-state index in [9.17, 15) is 19.8 Å². The first kappa shape index (κ1) is 21.4. The van der Waals surface area contributed by atoms with Crippen molar-refractivity contribution < 1.29 is 29.3 Å². The van der Waals surface area contributed by atoms with Crippen molar-refractivity contribution in [2.45, 2.75) is 95.9 Å². The standard InChI is InChI=1S/C25H36O6/c1-15(26)31-17-4-8-22(2)19-5-9-23(3)18(16-12-21(27)30-14-16)7-11-25(23,29)20(19)6-10-24(22,28)13-17/h12,17-20,28-29H,4-11,13-14H2,1-3H3/t17-,18+,19-,20+,22+,23+,24-,25-/m0/s1. The topological polar surface area (TPSA) is 93.1 Å². The highest BCUT2D eigenvalue weighted by Gasteiger charge is 2.70. The number of carbonyl (C=O) groups is 2. The third kappa shape index (κ3) is 2.83. The fourth-order valence-corrected chi connectivity index (χ4v) is 8.70. The predicted molar refractivity (Wildman–Crippen MR) is 113 cm³/mol. The van der Waals surface area contributed by atoms with Crippen molar-refractivity contribution in [2.75, 3.05) is 6.61 Å². The molecule has 31 heavy (non-hydrogen) atoms. The number of hydrogen-bond donors (Lipinski definition) is 2. The first-order valence-electron chi connectivity index (χ1n) is 12.0. The number of hydrogen-bond acceptors (Lipinski definition) is 6. The SMILES string of the molecule is CC(=O)O[C@H]1CC[C@]2(C)[C@H]3CC[C@]4(C)[C@@H](C5=CC(=O)OC5)CC[C@]4(O)[C@@H]3CC[C@]2(O)C1. The molecule has 0 unspecified atom stereocenters.